The summed E-state index contributed by atoms with van der Waals surface area (Å²) in [5, 5.41) is 2.78. The number of carbonyl (C=O) groups excluding carboxylic acids is 1. The van der Waals surface area contributed by atoms with Gasteiger partial charge in [0.2, 0.25) is 5.91 Å². The van der Waals surface area contributed by atoms with Crippen LogP contribution in [-0.4, -0.2) is 31.0 Å². The third-order valence-corrected chi connectivity index (χ3v) is 2.86. The molecule has 0 bridgehead atoms. The minimum absolute atomic E-state index is 0.0647. The molecule has 0 atom stereocenters. The summed E-state index contributed by atoms with van der Waals surface area (Å²) >= 11 is 4.94. The Morgan fingerprint density at radius 2 is 2.22 bits per heavy atom. The first-order valence-electron chi connectivity index (χ1n) is 5.92. The van der Waals surface area contributed by atoms with Crippen LogP contribution in [0.15, 0.2) is 24.3 Å². The summed E-state index contributed by atoms with van der Waals surface area (Å²) in [5.74, 6) is 0.0647. The minimum atomic E-state index is 0.0647. The second-order valence-corrected chi connectivity index (χ2v) is 4.48. The maximum absolute atomic E-state index is 11.4. The Morgan fingerprint density at radius 1 is 1.50 bits per heavy atom. The molecule has 18 heavy (non-hydrogen) atoms. The van der Waals surface area contributed by atoms with Gasteiger partial charge in [0.15, 0.2) is 0 Å². The van der Waals surface area contributed by atoms with E-state index < -0.39 is 0 Å². The van der Waals surface area contributed by atoms with Crippen molar-refractivity contribution in [2.45, 2.75) is 13.3 Å². The maximum Gasteiger partial charge on any atom is 0.221 e. The number of carbonyl (C=O) groups is 1. The Bertz CT molecular complexity index is 434. The summed E-state index contributed by atoms with van der Waals surface area (Å²) < 4.78 is 0. The van der Waals surface area contributed by atoms with Crippen molar-refractivity contribution in [1.29, 1.82) is 0 Å². The van der Waals surface area contributed by atoms with Gasteiger partial charge in [-0.05, 0) is 19.1 Å². The van der Waals surface area contributed by atoms with Crippen molar-refractivity contribution in [2.24, 2.45) is 5.73 Å². The van der Waals surface area contributed by atoms with Gasteiger partial charge in [-0.2, -0.15) is 0 Å². The van der Waals surface area contributed by atoms with Gasteiger partial charge >= 0.3 is 0 Å². The lowest BCUT2D eigenvalue weighted by Crippen LogP contribution is -2.28. The monoisotopic (exact) mass is 265 g/mol. The van der Waals surface area contributed by atoms with Gasteiger partial charge in [0.1, 0.15) is 4.99 Å². The van der Waals surface area contributed by atoms with Gasteiger partial charge in [-0.25, -0.2) is 0 Å². The van der Waals surface area contributed by atoms with E-state index >= 15 is 0 Å². The van der Waals surface area contributed by atoms with Gasteiger partial charge in [-0.15, -0.1) is 0 Å². The molecule has 1 amide bonds. The number of benzene rings is 1. The molecule has 4 nitrogen and oxygen atoms in total. The van der Waals surface area contributed by atoms with Crippen LogP contribution in [0.3, 0.4) is 0 Å². The van der Waals surface area contributed by atoms with E-state index in [2.05, 4.69) is 5.32 Å². The zero-order valence-electron chi connectivity index (χ0n) is 10.8. The molecule has 1 aromatic rings. The molecular weight excluding hydrogens is 246 g/mol. The molecule has 0 saturated carbocycles. The lowest BCUT2D eigenvalue weighted by molar-refractivity contribution is -0.120. The number of nitrogens with one attached hydrogen (secondary N) is 1. The van der Waals surface area contributed by atoms with Crippen molar-refractivity contribution in [1.82, 2.24) is 5.32 Å². The third kappa shape index (κ3) is 4.33. The van der Waals surface area contributed by atoms with Crippen LogP contribution in [0.25, 0.3) is 0 Å². The normalized spacial score (nSPS) is 9.89. The van der Waals surface area contributed by atoms with Crippen molar-refractivity contribution in [3.8, 4) is 0 Å². The number of rotatable bonds is 6. The summed E-state index contributed by atoms with van der Waals surface area (Å²) in [6.07, 6.45) is 0.474. The molecule has 1 aromatic carbocycles. The molecule has 0 heterocycles. The minimum Gasteiger partial charge on any atom is -0.389 e. The zero-order chi connectivity index (χ0) is 13.5. The van der Waals surface area contributed by atoms with Crippen LogP contribution in [0.1, 0.15) is 18.9 Å². The molecule has 0 aliphatic carbocycles. The van der Waals surface area contributed by atoms with E-state index in [9.17, 15) is 4.79 Å². The Balaban J connectivity index is 2.61. The molecule has 0 spiro atoms. The van der Waals surface area contributed by atoms with E-state index in [4.69, 9.17) is 18.0 Å². The number of hydrogen-bond donors (Lipinski definition) is 2. The Kier molecular flexibility index (Phi) is 5.58. The maximum atomic E-state index is 11.4. The molecule has 3 N–H and O–H groups in total. The summed E-state index contributed by atoms with van der Waals surface area (Å²) in [5.41, 5.74) is 7.44. The summed E-state index contributed by atoms with van der Waals surface area (Å²) in [6, 6.07) is 7.69. The predicted octanol–water partition coefficient (Wildman–Crippen LogP) is 1.28. The summed E-state index contributed by atoms with van der Waals surface area (Å²) in [4.78, 5) is 13.8. The second-order valence-electron chi connectivity index (χ2n) is 4.04. The molecule has 5 heteroatoms. The Morgan fingerprint density at radius 3 is 2.83 bits per heavy atom. The van der Waals surface area contributed by atoms with E-state index in [0.717, 1.165) is 11.3 Å². The fourth-order valence-electron chi connectivity index (χ4n) is 1.58. The average Bonchev–Trinajstić information content (AvgIpc) is 2.36. The van der Waals surface area contributed by atoms with Crippen molar-refractivity contribution in [2.75, 3.05) is 25.0 Å². The van der Waals surface area contributed by atoms with Gasteiger partial charge in [0.05, 0.1) is 0 Å². The Hall–Kier alpha value is -1.62. The lowest BCUT2D eigenvalue weighted by atomic mass is 10.2. The third-order valence-electron chi connectivity index (χ3n) is 2.62. The van der Waals surface area contributed by atoms with Crippen LogP contribution in [0.5, 0.6) is 0 Å². The SMILES string of the molecule is CCNC(=O)CCN(C)c1cccc(C(N)=S)c1. The fourth-order valence-corrected chi connectivity index (χ4v) is 1.71. The number of hydrogen-bond acceptors (Lipinski definition) is 3. The number of thiocarbonyl (C=S) groups is 1. The Labute approximate surface area is 113 Å². The van der Waals surface area contributed by atoms with Gasteiger partial charge < -0.3 is 16.0 Å². The van der Waals surface area contributed by atoms with Crippen LogP contribution in [0.2, 0.25) is 0 Å². The predicted molar refractivity (Wildman–Crippen MR) is 78.9 cm³/mol. The smallest absolute Gasteiger partial charge is 0.221 e. The molecule has 0 aliphatic rings. The molecule has 0 aromatic heterocycles. The van der Waals surface area contributed by atoms with E-state index in [-0.39, 0.29) is 5.91 Å². The quantitative estimate of drug-likeness (QED) is 0.761. The van der Waals surface area contributed by atoms with Crippen LogP contribution < -0.4 is 16.0 Å². The van der Waals surface area contributed by atoms with Gasteiger partial charge in [-0.3, -0.25) is 4.79 Å². The molecule has 0 saturated heterocycles. The van der Waals surface area contributed by atoms with E-state index in [1.165, 1.54) is 0 Å². The largest absolute Gasteiger partial charge is 0.389 e. The van der Waals surface area contributed by atoms with Gasteiger partial charge in [-0.1, -0.05) is 24.4 Å². The van der Waals surface area contributed by atoms with Crippen LogP contribution in [-0.2, 0) is 4.79 Å². The first-order valence-corrected chi connectivity index (χ1v) is 6.33. The number of amides is 1. The highest BCUT2D eigenvalue weighted by molar-refractivity contribution is 7.80. The second kappa shape index (κ2) is 6.96. The molecular formula is C13H19N3OS. The molecule has 0 aliphatic heterocycles. The van der Waals surface area contributed by atoms with Crippen molar-refractivity contribution in [3.63, 3.8) is 0 Å². The highest BCUT2D eigenvalue weighted by Crippen LogP contribution is 2.15. The van der Waals surface area contributed by atoms with Crippen LogP contribution in [0, 0.1) is 0 Å². The lowest BCUT2D eigenvalue weighted by Gasteiger charge is -2.19. The number of nitrogens with two attached hydrogens (primary N) is 1. The number of anilines is 1. The number of nitrogens with zero attached hydrogens (tertiary/aromatic N) is 1. The average molecular weight is 265 g/mol. The topological polar surface area (TPSA) is 58.4 Å². The van der Waals surface area contributed by atoms with E-state index in [1.807, 2.05) is 43.1 Å². The van der Waals surface area contributed by atoms with Gasteiger partial charge in [0, 0.05) is 37.8 Å². The molecule has 0 unspecified atom stereocenters. The van der Waals surface area contributed by atoms with Crippen LogP contribution in [0.4, 0.5) is 5.69 Å². The molecule has 0 fully saturated rings. The zero-order valence-corrected chi connectivity index (χ0v) is 11.6. The molecule has 1 rings (SSSR count). The van der Waals surface area contributed by atoms with E-state index in [0.29, 0.717) is 24.5 Å². The summed E-state index contributed by atoms with van der Waals surface area (Å²) in [7, 11) is 1.94. The molecule has 98 valence electrons. The van der Waals surface area contributed by atoms with Crippen molar-refractivity contribution < 1.29 is 4.79 Å². The van der Waals surface area contributed by atoms with Crippen LogP contribution >= 0.6 is 12.2 Å². The first kappa shape index (κ1) is 14.4. The molecule has 0 radical (unpaired) electrons. The summed E-state index contributed by atoms with van der Waals surface area (Å²) in [6.45, 7) is 3.24. The highest BCUT2D eigenvalue weighted by Gasteiger charge is 2.06. The first-order chi connectivity index (χ1) is 8.54. The fraction of sp³-hybridized carbons (Fsp3) is 0.385. The highest BCUT2D eigenvalue weighted by atomic mass is 32.1. The van der Waals surface area contributed by atoms with Crippen molar-refractivity contribution in [3.05, 3.63) is 29.8 Å². The van der Waals surface area contributed by atoms with Crippen molar-refractivity contribution >= 4 is 28.8 Å². The van der Waals surface area contributed by atoms with E-state index in [1.54, 1.807) is 0 Å². The van der Waals surface area contributed by atoms with Gasteiger partial charge in [0.25, 0.3) is 0 Å². The standard InChI is InChI=1S/C13H19N3OS/c1-3-15-12(17)7-8-16(2)11-6-4-5-10(9-11)13(14)18/h4-6,9H,3,7-8H2,1-2H3,(H2,14,18)(H,15,17).